The molecule has 0 radical (unpaired) electrons. The van der Waals surface area contributed by atoms with Gasteiger partial charge in [0.05, 0.1) is 0 Å². The van der Waals surface area contributed by atoms with Crippen molar-refractivity contribution < 1.29 is 0 Å². The Balaban J connectivity index is 2.07. The molecule has 0 atom stereocenters. The van der Waals surface area contributed by atoms with Crippen LogP contribution in [0.5, 0.6) is 0 Å². The molecule has 1 heteroatoms. The van der Waals surface area contributed by atoms with Gasteiger partial charge >= 0.3 is 0 Å². The average Bonchev–Trinajstić information content (AvgIpc) is 2.67. The molecule has 1 aromatic heterocycles. The summed E-state index contributed by atoms with van der Waals surface area (Å²) >= 11 is 0. The third kappa shape index (κ3) is 1.88. The first-order valence-electron chi connectivity index (χ1n) is 6.86. The summed E-state index contributed by atoms with van der Waals surface area (Å²) in [5, 5.41) is 2.78. The van der Waals surface area contributed by atoms with Gasteiger partial charge in [0, 0.05) is 22.7 Å². The molecule has 0 aliphatic heterocycles. The van der Waals surface area contributed by atoms with E-state index in [0.717, 1.165) is 0 Å². The van der Waals surface area contributed by atoms with Crippen molar-refractivity contribution in [2.45, 2.75) is 50.9 Å². The number of rotatable bonds is 1. The van der Waals surface area contributed by atoms with Gasteiger partial charge < -0.3 is 4.98 Å². The number of benzene rings is 1. The summed E-state index contributed by atoms with van der Waals surface area (Å²) in [5.41, 5.74) is 1.83. The second kappa shape index (κ2) is 4.21. The Labute approximate surface area is 103 Å². The van der Waals surface area contributed by atoms with Crippen LogP contribution in [0.15, 0.2) is 30.5 Å². The molecule has 1 aliphatic carbocycles. The molecule has 2 aromatic rings. The van der Waals surface area contributed by atoms with E-state index < -0.39 is 0 Å². The van der Waals surface area contributed by atoms with Gasteiger partial charge in [-0.3, -0.25) is 0 Å². The fourth-order valence-electron chi connectivity index (χ4n) is 3.34. The molecule has 90 valence electrons. The first-order valence-corrected chi connectivity index (χ1v) is 6.86. The highest BCUT2D eigenvalue weighted by molar-refractivity contribution is 5.86. The largest absolute Gasteiger partial charge is 0.363 e. The standard InChI is InChI=1S/C16H21N/c1-16(10-6-2-3-7-11-16)15-14-9-5-4-8-13(14)12-17-15/h4-5,8-9,12,17H,2-3,6-7,10-11H2,1H3. The summed E-state index contributed by atoms with van der Waals surface area (Å²) in [5.74, 6) is 0. The van der Waals surface area contributed by atoms with Crippen LogP contribution in [0.3, 0.4) is 0 Å². The summed E-state index contributed by atoms with van der Waals surface area (Å²) in [4.78, 5) is 3.55. The van der Waals surface area contributed by atoms with Crippen molar-refractivity contribution in [3.8, 4) is 0 Å². The Hall–Kier alpha value is -1.24. The molecule has 1 aliphatic rings. The fraction of sp³-hybridized carbons (Fsp3) is 0.500. The molecular formula is C16H21N. The van der Waals surface area contributed by atoms with E-state index in [1.54, 1.807) is 0 Å². The molecule has 0 amide bonds. The third-order valence-corrected chi connectivity index (χ3v) is 4.41. The lowest BCUT2D eigenvalue weighted by Gasteiger charge is -2.27. The molecule has 1 nitrogen and oxygen atoms in total. The summed E-state index contributed by atoms with van der Waals surface area (Å²) in [6.45, 7) is 2.44. The van der Waals surface area contributed by atoms with Crippen LogP contribution < -0.4 is 0 Å². The van der Waals surface area contributed by atoms with Crippen LogP contribution in [0.2, 0.25) is 0 Å². The number of hydrogen-bond donors (Lipinski definition) is 1. The zero-order valence-corrected chi connectivity index (χ0v) is 10.6. The van der Waals surface area contributed by atoms with Gasteiger partial charge in [-0.2, -0.15) is 0 Å². The zero-order valence-electron chi connectivity index (χ0n) is 10.6. The maximum Gasteiger partial charge on any atom is 0.0287 e. The number of nitrogens with one attached hydrogen (secondary N) is 1. The number of hydrogen-bond acceptors (Lipinski definition) is 0. The number of aromatic amines is 1. The summed E-state index contributed by atoms with van der Waals surface area (Å²) in [6.07, 6.45) is 10.4. The highest BCUT2D eigenvalue weighted by Gasteiger charge is 2.30. The van der Waals surface area contributed by atoms with E-state index in [1.807, 2.05) is 0 Å². The van der Waals surface area contributed by atoms with Crippen molar-refractivity contribution in [2.75, 3.05) is 0 Å². The van der Waals surface area contributed by atoms with Gasteiger partial charge in [-0.1, -0.05) is 56.9 Å². The van der Waals surface area contributed by atoms with E-state index in [9.17, 15) is 0 Å². The van der Waals surface area contributed by atoms with Gasteiger partial charge in [-0.15, -0.1) is 0 Å². The summed E-state index contributed by atoms with van der Waals surface area (Å²) in [6, 6.07) is 8.74. The minimum absolute atomic E-state index is 0.361. The van der Waals surface area contributed by atoms with Crippen LogP contribution in [0.4, 0.5) is 0 Å². The van der Waals surface area contributed by atoms with Gasteiger partial charge in [0.2, 0.25) is 0 Å². The monoisotopic (exact) mass is 227 g/mol. The Morgan fingerprint density at radius 3 is 2.47 bits per heavy atom. The summed E-state index contributed by atoms with van der Waals surface area (Å²) < 4.78 is 0. The molecule has 1 saturated carbocycles. The topological polar surface area (TPSA) is 15.8 Å². The second-order valence-corrected chi connectivity index (χ2v) is 5.73. The van der Waals surface area contributed by atoms with Gasteiger partial charge in [-0.25, -0.2) is 0 Å². The van der Waals surface area contributed by atoms with Crippen LogP contribution in [0, 0.1) is 0 Å². The average molecular weight is 227 g/mol. The molecule has 3 rings (SSSR count). The van der Waals surface area contributed by atoms with Crippen molar-refractivity contribution in [1.82, 2.24) is 4.98 Å². The van der Waals surface area contributed by atoms with Crippen LogP contribution >= 0.6 is 0 Å². The Kier molecular flexibility index (Phi) is 2.70. The second-order valence-electron chi connectivity index (χ2n) is 5.73. The molecule has 0 saturated heterocycles. The molecule has 17 heavy (non-hydrogen) atoms. The van der Waals surface area contributed by atoms with Gasteiger partial charge in [0.25, 0.3) is 0 Å². The van der Waals surface area contributed by atoms with Crippen LogP contribution in [-0.2, 0) is 5.41 Å². The molecular weight excluding hydrogens is 206 g/mol. The lowest BCUT2D eigenvalue weighted by Crippen LogP contribution is -2.21. The van der Waals surface area contributed by atoms with E-state index in [1.165, 1.54) is 55.0 Å². The van der Waals surface area contributed by atoms with Crippen LogP contribution in [0.25, 0.3) is 10.8 Å². The minimum Gasteiger partial charge on any atom is -0.363 e. The smallest absolute Gasteiger partial charge is 0.0287 e. The minimum atomic E-state index is 0.361. The van der Waals surface area contributed by atoms with Crippen molar-refractivity contribution >= 4 is 10.8 Å². The fourth-order valence-corrected chi connectivity index (χ4v) is 3.34. The quantitative estimate of drug-likeness (QED) is 0.675. The van der Waals surface area contributed by atoms with Gasteiger partial charge in [0.1, 0.15) is 0 Å². The van der Waals surface area contributed by atoms with Crippen molar-refractivity contribution in [1.29, 1.82) is 0 Å². The van der Waals surface area contributed by atoms with Crippen LogP contribution in [0.1, 0.15) is 51.1 Å². The Morgan fingerprint density at radius 1 is 1.00 bits per heavy atom. The van der Waals surface area contributed by atoms with E-state index in [2.05, 4.69) is 42.4 Å². The highest BCUT2D eigenvalue weighted by Crippen LogP contribution is 2.40. The number of H-pyrrole nitrogens is 1. The predicted octanol–water partition coefficient (Wildman–Crippen LogP) is 4.78. The van der Waals surface area contributed by atoms with Gasteiger partial charge in [-0.05, 0) is 18.2 Å². The van der Waals surface area contributed by atoms with E-state index >= 15 is 0 Å². The maximum absolute atomic E-state index is 3.55. The lowest BCUT2D eigenvalue weighted by molar-refractivity contribution is 0.403. The van der Waals surface area contributed by atoms with E-state index in [-0.39, 0.29) is 0 Å². The highest BCUT2D eigenvalue weighted by atomic mass is 14.7. The normalized spacial score (nSPS) is 20.3. The Bertz CT molecular complexity index is 501. The van der Waals surface area contributed by atoms with Crippen LogP contribution in [-0.4, -0.2) is 4.98 Å². The zero-order chi connectivity index (χ0) is 11.7. The molecule has 0 bridgehead atoms. The lowest BCUT2D eigenvalue weighted by atomic mass is 9.78. The molecule has 1 aromatic carbocycles. The Morgan fingerprint density at radius 2 is 1.71 bits per heavy atom. The molecule has 1 N–H and O–H groups in total. The molecule has 0 spiro atoms. The van der Waals surface area contributed by atoms with Crippen molar-refractivity contribution in [2.24, 2.45) is 0 Å². The van der Waals surface area contributed by atoms with Crippen molar-refractivity contribution in [3.63, 3.8) is 0 Å². The maximum atomic E-state index is 3.55. The van der Waals surface area contributed by atoms with E-state index in [4.69, 9.17) is 0 Å². The molecule has 1 heterocycles. The summed E-state index contributed by atoms with van der Waals surface area (Å²) in [7, 11) is 0. The number of aromatic nitrogens is 1. The first kappa shape index (κ1) is 10.9. The first-order chi connectivity index (χ1) is 8.30. The van der Waals surface area contributed by atoms with E-state index in [0.29, 0.717) is 5.41 Å². The van der Waals surface area contributed by atoms with Crippen molar-refractivity contribution in [3.05, 3.63) is 36.2 Å². The van der Waals surface area contributed by atoms with Gasteiger partial charge in [0.15, 0.2) is 0 Å². The predicted molar refractivity (Wildman–Crippen MR) is 73.4 cm³/mol. The molecule has 1 fully saturated rings. The molecule has 0 unspecified atom stereocenters. The SMILES string of the molecule is CC1(c2[nH]cc3ccccc23)CCCCCC1. The third-order valence-electron chi connectivity index (χ3n) is 4.41. The number of fused-ring (bicyclic) bond motifs is 1.